The fourth-order valence-corrected chi connectivity index (χ4v) is 2.31. The van der Waals surface area contributed by atoms with Gasteiger partial charge in [0.15, 0.2) is 0 Å². The van der Waals surface area contributed by atoms with Crippen molar-refractivity contribution in [2.75, 3.05) is 26.2 Å². The molecule has 0 aliphatic carbocycles. The predicted molar refractivity (Wildman–Crippen MR) is 70.4 cm³/mol. The maximum Gasteiger partial charge on any atom is 0.320 e. The summed E-state index contributed by atoms with van der Waals surface area (Å²) in [6.45, 7) is 6.25. The molecule has 1 heterocycles. The lowest BCUT2D eigenvalue weighted by Crippen LogP contribution is -2.51. The number of hydrogen-bond acceptors (Lipinski definition) is 3. The van der Waals surface area contributed by atoms with Crippen LogP contribution in [0.15, 0.2) is 30.3 Å². The summed E-state index contributed by atoms with van der Waals surface area (Å²) in [5.41, 5.74) is 1.32. The van der Waals surface area contributed by atoms with E-state index in [0.29, 0.717) is 0 Å². The summed E-state index contributed by atoms with van der Waals surface area (Å²) in [4.78, 5) is 15.3. The fourth-order valence-electron chi connectivity index (χ4n) is 2.31. The number of nitrogens with zero attached hydrogens (tertiary/aromatic N) is 2. The Kier molecular flexibility index (Phi) is 4.33. The third kappa shape index (κ3) is 3.31. The first kappa shape index (κ1) is 13.1. The highest BCUT2D eigenvalue weighted by molar-refractivity contribution is 5.72. The molecule has 1 unspecified atom stereocenters. The van der Waals surface area contributed by atoms with E-state index in [-0.39, 0.29) is 6.04 Å². The number of benzene rings is 1. The van der Waals surface area contributed by atoms with Crippen LogP contribution in [0.2, 0.25) is 0 Å². The smallest absolute Gasteiger partial charge is 0.320 e. The van der Waals surface area contributed by atoms with Crippen molar-refractivity contribution in [2.45, 2.75) is 19.5 Å². The van der Waals surface area contributed by atoms with E-state index in [2.05, 4.69) is 29.2 Å². The van der Waals surface area contributed by atoms with E-state index in [1.54, 1.807) is 6.92 Å². The molecule has 2 rings (SSSR count). The quantitative estimate of drug-likeness (QED) is 0.871. The number of carboxylic acid groups (broad SMARTS) is 1. The molecule has 1 aromatic carbocycles. The van der Waals surface area contributed by atoms with Crippen LogP contribution < -0.4 is 0 Å². The minimum absolute atomic E-state index is 0.371. The molecule has 0 radical (unpaired) electrons. The van der Waals surface area contributed by atoms with Crippen molar-refractivity contribution in [1.82, 2.24) is 9.80 Å². The number of carboxylic acids is 1. The van der Waals surface area contributed by atoms with E-state index < -0.39 is 5.97 Å². The molecule has 1 N–H and O–H groups in total. The van der Waals surface area contributed by atoms with Crippen molar-refractivity contribution in [2.24, 2.45) is 0 Å². The molecule has 1 saturated heterocycles. The summed E-state index contributed by atoms with van der Waals surface area (Å²) in [7, 11) is 0. The highest BCUT2D eigenvalue weighted by Crippen LogP contribution is 2.10. The number of piperazine rings is 1. The molecular weight excluding hydrogens is 228 g/mol. The third-order valence-electron chi connectivity index (χ3n) is 3.56. The van der Waals surface area contributed by atoms with Crippen LogP contribution in [0.25, 0.3) is 0 Å². The lowest BCUT2D eigenvalue weighted by molar-refractivity contribution is -0.143. The first-order valence-electron chi connectivity index (χ1n) is 6.40. The van der Waals surface area contributed by atoms with Crippen molar-refractivity contribution in [3.63, 3.8) is 0 Å². The van der Waals surface area contributed by atoms with Crippen molar-refractivity contribution in [3.8, 4) is 0 Å². The molecular formula is C14H20N2O2. The molecule has 1 aromatic rings. The average Bonchev–Trinajstić information content (AvgIpc) is 2.40. The van der Waals surface area contributed by atoms with Gasteiger partial charge in [0.25, 0.3) is 0 Å². The van der Waals surface area contributed by atoms with E-state index in [1.807, 2.05) is 11.0 Å². The number of hydrogen-bond donors (Lipinski definition) is 1. The van der Waals surface area contributed by atoms with Crippen molar-refractivity contribution >= 4 is 5.97 Å². The highest BCUT2D eigenvalue weighted by Gasteiger charge is 2.24. The predicted octanol–water partition coefficient (Wildman–Crippen LogP) is 1.28. The zero-order valence-electron chi connectivity index (χ0n) is 10.7. The Morgan fingerprint density at radius 1 is 1.22 bits per heavy atom. The molecule has 98 valence electrons. The lowest BCUT2D eigenvalue weighted by atomic mass is 10.2. The molecule has 1 atom stereocenters. The average molecular weight is 248 g/mol. The second kappa shape index (κ2) is 5.98. The van der Waals surface area contributed by atoms with E-state index in [9.17, 15) is 4.79 Å². The topological polar surface area (TPSA) is 43.8 Å². The maximum absolute atomic E-state index is 10.9. The van der Waals surface area contributed by atoms with Gasteiger partial charge in [-0.2, -0.15) is 0 Å². The molecule has 1 aliphatic heterocycles. The SMILES string of the molecule is CC(C(=O)O)N1CCN(Cc2ccccc2)CC1. The van der Waals surface area contributed by atoms with Gasteiger partial charge in [-0.15, -0.1) is 0 Å². The Morgan fingerprint density at radius 2 is 1.83 bits per heavy atom. The van der Waals surface area contributed by atoms with Crippen molar-refractivity contribution in [3.05, 3.63) is 35.9 Å². The third-order valence-corrected chi connectivity index (χ3v) is 3.56. The van der Waals surface area contributed by atoms with Crippen LogP contribution in [-0.2, 0) is 11.3 Å². The van der Waals surface area contributed by atoms with E-state index in [0.717, 1.165) is 32.7 Å². The Bertz CT molecular complexity index is 386. The van der Waals surface area contributed by atoms with Gasteiger partial charge < -0.3 is 5.11 Å². The largest absolute Gasteiger partial charge is 0.480 e. The molecule has 4 heteroatoms. The normalized spacial score (nSPS) is 19.6. The van der Waals surface area contributed by atoms with Gasteiger partial charge in [-0.25, -0.2) is 0 Å². The first-order chi connectivity index (χ1) is 8.66. The summed E-state index contributed by atoms with van der Waals surface area (Å²) in [6.07, 6.45) is 0. The summed E-state index contributed by atoms with van der Waals surface area (Å²) >= 11 is 0. The van der Waals surface area contributed by atoms with Gasteiger partial charge in [-0.1, -0.05) is 30.3 Å². The van der Waals surface area contributed by atoms with Crippen molar-refractivity contribution in [1.29, 1.82) is 0 Å². The molecule has 4 nitrogen and oxygen atoms in total. The molecule has 0 aromatic heterocycles. The van der Waals surface area contributed by atoms with Crippen molar-refractivity contribution < 1.29 is 9.90 Å². The molecule has 18 heavy (non-hydrogen) atoms. The summed E-state index contributed by atoms with van der Waals surface area (Å²) in [5.74, 6) is -0.730. The summed E-state index contributed by atoms with van der Waals surface area (Å²) in [6, 6.07) is 10.0. The van der Waals surface area contributed by atoms with Gasteiger partial charge in [-0.05, 0) is 12.5 Å². The zero-order chi connectivity index (χ0) is 13.0. The van der Waals surface area contributed by atoms with Gasteiger partial charge >= 0.3 is 5.97 Å². The Labute approximate surface area is 108 Å². The molecule has 0 saturated carbocycles. The van der Waals surface area contributed by atoms with E-state index >= 15 is 0 Å². The summed E-state index contributed by atoms with van der Waals surface area (Å²) in [5, 5.41) is 8.98. The maximum atomic E-state index is 10.9. The Morgan fingerprint density at radius 3 is 2.39 bits per heavy atom. The van der Waals surface area contributed by atoms with E-state index in [1.165, 1.54) is 5.56 Å². The van der Waals surface area contributed by atoms with Crippen LogP contribution in [0.4, 0.5) is 0 Å². The first-order valence-corrected chi connectivity index (χ1v) is 6.40. The van der Waals surface area contributed by atoms with Crippen LogP contribution in [0.5, 0.6) is 0 Å². The Balaban J connectivity index is 1.82. The molecule has 1 aliphatic rings. The number of aliphatic carboxylic acids is 1. The minimum Gasteiger partial charge on any atom is -0.480 e. The zero-order valence-corrected chi connectivity index (χ0v) is 10.7. The van der Waals surface area contributed by atoms with Crippen LogP contribution in [-0.4, -0.2) is 53.1 Å². The second-order valence-electron chi connectivity index (χ2n) is 4.81. The highest BCUT2D eigenvalue weighted by atomic mass is 16.4. The van der Waals surface area contributed by atoms with Crippen LogP contribution in [0.1, 0.15) is 12.5 Å². The number of rotatable bonds is 4. The second-order valence-corrected chi connectivity index (χ2v) is 4.81. The molecule has 0 spiro atoms. The molecule has 1 fully saturated rings. The monoisotopic (exact) mass is 248 g/mol. The molecule has 0 amide bonds. The van der Waals surface area contributed by atoms with Crippen LogP contribution in [0.3, 0.4) is 0 Å². The van der Waals surface area contributed by atoms with Gasteiger partial charge in [-0.3, -0.25) is 14.6 Å². The standard InChI is InChI=1S/C14H20N2O2/c1-12(14(17)18)16-9-7-15(8-10-16)11-13-5-3-2-4-6-13/h2-6,12H,7-11H2,1H3,(H,17,18). The van der Waals surface area contributed by atoms with Gasteiger partial charge in [0.2, 0.25) is 0 Å². The minimum atomic E-state index is -0.730. The van der Waals surface area contributed by atoms with Gasteiger partial charge in [0.1, 0.15) is 6.04 Å². The van der Waals surface area contributed by atoms with Crippen LogP contribution in [0, 0.1) is 0 Å². The van der Waals surface area contributed by atoms with Gasteiger partial charge in [0, 0.05) is 32.7 Å². The molecule has 0 bridgehead atoms. The number of carbonyl (C=O) groups is 1. The lowest BCUT2D eigenvalue weighted by Gasteiger charge is -2.36. The summed E-state index contributed by atoms with van der Waals surface area (Å²) < 4.78 is 0. The fraction of sp³-hybridized carbons (Fsp3) is 0.500. The van der Waals surface area contributed by atoms with E-state index in [4.69, 9.17) is 5.11 Å². The van der Waals surface area contributed by atoms with Gasteiger partial charge in [0.05, 0.1) is 0 Å². The Hall–Kier alpha value is -1.39. The van der Waals surface area contributed by atoms with Crippen LogP contribution >= 0.6 is 0 Å².